The number of carbonyl (C=O) groups is 1. The fourth-order valence-electron chi connectivity index (χ4n) is 2.50. The predicted molar refractivity (Wildman–Crippen MR) is 79.1 cm³/mol. The van der Waals surface area contributed by atoms with Crippen molar-refractivity contribution in [1.82, 2.24) is 0 Å². The zero-order valence-electron chi connectivity index (χ0n) is 10.8. The number of aliphatic hydroxyl groups excluding tert-OH is 1. The van der Waals surface area contributed by atoms with Crippen LogP contribution in [0.25, 0.3) is 0 Å². The number of hydrogen-bond acceptors (Lipinski definition) is 2. The van der Waals surface area contributed by atoms with Gasteiger partial charge in [-0.05, 0) is 36.8 Å². The average Bonchev–Trinajstić information content (AvgIpc) is 2.48. The van der Waals surface area contributed by atoms with Gasteiger partial charge < -0.3 is 10.0 Å². The van der Waals surface area contributed by atoms with Crippen LogP contribution < -0.4 is 4.90 Å². The number of benzene rings is 2. The molecule has 102 valence electrons. The number of nitrogens with zero attached hydrogens (tertiary/aromatic N) is 1. The number of carbonyl (C=O) groups excluding carboxylic acids is 1. The van der Waals surface area contributed by atoms with Crippen molar-refractivity contribution in [3.05, 3.63) is 64.7 Å². The van der Waals surface area contributed by atoms with Crippen LogP contribution in [0.4, 0.5) is 5.69 Å². The maximum absolute atomic E-state index is 12.6. The molecular weight excluding hydrogens is 274 g/mol. The molecule has 0 radical (unpaired) electrons. The third-order valence-electron chi connectivity index (χ3n) is 3.55. The summed E-state index contributed by atoms with van der Waals surface area (Å²) in [6, 6.07) is 14.3. The highest BCUT2D eigenvalue weighted by Crippen LogP contribution is 2.34. The molecule has 0 aliphatic carbocycles. The molecule has 1 atom stereocenters. The quantitative estimate of drug-likeness (QED) is 0.873. The van der Waals surface area contributed by atoms with Gasteiger partial charge in [-0.25, -0.2) is 0 Å². The summed E-state index contributed by atoms with van der Waals surface area (Å²) < 4.78 is 0. The zero-order chi connectivity index (χ0) is 14.1. The molecule has 1 heterocycles. The number of hydrogen-bond donors (Lipinski definition) is 1. The van der Waals surface area contributed by atoms with Gasteiger partial charge in [-0.2, -0.15) is 0 Å². The monoisotopic (exact) mass is 287 g/mol. The second kappa shape index (κ2) is 5.27. The molecule has 1 N–H and O–H groups in total. The Balaban J connectivity index is 1.97. The van der Waals surface area contributed by atoms with Crippen LogP contribution in [-0.4, -0.2) is 17.6 Å². The van der Waals surface area contributed by atoms with E-state index in [0.29, 0.717) is 23.6 Å². The number of amides is 1. The van der Waals surface area contributed by atoms with Crippen LogP contribution >= 0.6 is 11.6 Å². The van der Waals surface area contributed by atoms with Crippen LogP contribution in [-0.2, 0) is 0 Å². The fourth-order valence-corrected chi connectivity index (χ4v) is 2.63. The first-order chi connectivity index (χ1) is 9.66. The summed E-state index contributed by atoms with van der Waals surface area (Å²) in [6.45, 7) is 0.514. The molecule has 1 unspecified atom stereocenters. The van der Waals surface area contributed by atoms with Crippen molar-refractivity contribution >= 4 is 23.2 Å². The first-order valence-corrected chi connectivity index (χ1v) is 6.89. The normalized spacial score (nSPS) is 17.7. The van der Waals surface area contributed by atoms with Crippen molar-refractivity contribution in [3.8, 4) is 0 Å². The lowest BCUT2D eigenvalue weighted by atomic mass is 9.98. The van der Waals surface area contributed by atoms with Gasteiger partial charge in [0.05, 0.1) is 6.10 Å². The Labute approximate surface area is 122 Å². The number of fused-ring (bicyclic) bond motifs is 1. The lowest BCUT2D eigenvalue weighted by Gasteiger charge is -2.32. The van der Waals surface area contributed by atoms with Gasteiger partial charge in [0.25, 0.3) is 5.91 Å². The van der Waals surface area contributed by atoms with Crippen LogP contribution in [0.3, 0.4) is 0 Å². The van der Waals surface area contributed by atoms with E-state index in [9.17, 15) is 9.90 Å². The fraction of sp³-hybridized carbons (Fsp3) is 0.188. The van der Waals surface area contributed by atoms with Crippen LogP contribution in [0.1, 0.15) is 28.4 Å². The summed E-state index contributed by atoms with van der Waals surface area (Å²) in [7, 11) is 0. The Morgan fingerprint density at radius 3 is 2.60 bits per heavy atom. The topological polar surface area (TPSA) is 40.5 Å². The van der Waals surface area contributed by atoms with Gasteiger partial charge in [0, 0.05) is 28.4 Å². The summed E-state index contributed by atoms with van der Waals surface area (Å²) in [5.74, 6) is -0.0685. The molecule has 0 bridgehead atoms. The van der Waals surface area contributed by atoms with Gasteiger partial charge in [-0.1, -0.05) is 29.8 Å². The maximum Gasteiger partial charge on any atom is 0.258 e. The van der Waals surface area contributed by atoms with Gasteiger partial charge in [-0.3, -0.25) is 4.79 Å². The molecule has 2 aromatic carbocycles. The highest BCUT2D eigenvalue weighted by atomic mass is 35.5. The third-order valence-corrected chi connectivity index (χ3v) is 3.80. The summed E-state index contributed by atoms with van der Waals surface area (Å²) in [4.78, 5) is 14.3. The second-order valence-electron chi connectivity index (χ2n) is 4.83. The van der Waals surface area contributed by atoms with Crippen molar-refractivity contribution in [1.29, 1.82) is 0 Å². The largest absolute Gasteiger partial charge is 0.388 e. The van der Waals surface area contributed by atoms with Crippen LogP contribution in [0.5, 0.6) is 0 Å². The summed E-state index contributed by atoms with van der Waals surface area (Å²) in [5, 5.41) is 10.6. The van der Waals surface area contributed by atoms with Gasteiger partial charge in [-0.15, -0.1) is 0 Å². The van der Waals surface area contributed by atoms with Crippen molar-refractivity contribution in [3.63, 3.8) is 0 Å². The van der Waals surface area contributed by atoms with E-state index in [0.717, 1.165) is 11.3 Å². The lowest BCUT2D eigenvalue weighted by molar-refractivity contribution is 0.0970. The Morgan fingerprint density at radius 1 is 1.15 bits per heavy atom. The summed E-state index contributed by atoms with van der Waals surface area (Å²) in [5.41, 5.74) is 2.19. The minimum Gasteiger partial charge on any atom is -0.388 e. The number of aliphatic hydroxyl groups is 1. The smallest absolute Gasteiger partial charge is 0.258 e. The van der Waals surface area contributed by atoms with Crippen molar-refractivity contribution in [2.24, 2.45) is 0 Å². The molecule has 1 aliphatic rings. The van der Waals surface area contributed by atoms with Crippen LogP contribution in [0.15, 0.2) is 48.5 Å². The van der Waals surface area contributed by atoms with Crippen molar-refractivity contribution in [2.45, 2.75) is 12.5 Å². The van der Waals surface area contributed by atoms with E-state index in [1.807, 2.05) is 24.3 Å². The Morgan fingerprint density at radius 2 is 1.85 bits per heavy atom. The third kappa shape index (κ3) is 2.30. The Bertz CT molecular complexity index is 639. The number of anilines is 1. The Kier molecular flexibility index (Phi) is 3.47. The molecule has 3 rings (SSSR count). The van der Waals surface area contributed by atoms with Gasteiger partial charge in [0.2, 0.25) is 0 Å². The maximum atomic E-state index is 12.6. The minimum absolute atomic E-state index is 0.0685. The van der Waals surface area contributed by atoms with Gasteiger partial charge in [0.1, 0.15) is 0 Å². The molecule has 0 fully saturated rings. The lowest BCUT2D eigenvalue weighted by Crippen LogP contribution is -2.36. The van der Waals surface area contributed by atoms with Crippen LogP contribution in [0.2, 0.25) is 5.02 Å². The van der Waals surface area contributed by atoms with Gasteiger partial charge >= 0.3 is 0 Å². The molecule has 2 aromatic rings. The number of rotatable bonds is 1. The van der Waals surface area contributed by atoms with E-state index >= 15 is 0 Å². The van der Waals surface area contributed by atoms with E-state index in [1.165, 1.54) is 0 Å². The molecule has 1 aliphatic heterocycles. The van der Waals surface area contributed by atoms with E-state index in [2.05, 4.69) is 0 Å². The number of halogens is 1. The molecule has 0 saturated heterocycles. The zero-order valence-corrected chi connectivity index (χ0v) is 11.5. The standard InChI is InChI=1S/C16H14ClNO2/c17-12-7-5-11(6-8-12)16(20)18-10-9-15(19)13-3-1-2-4-14(13)18/h1-8,15,19H,9-10H2. The van der Waals surface area contributed by atoms with E-state index < -0.39 is 6.10 Å². The highest BCUT2D eigenvalue weighted by molar-refractivity contribution is 6.30. The number of para-hydroxylation sites is 1. The molecule has 4 heteroatoms. The van der Waals surface area contributed by atoms with Crippen LogP contribution in [0, 0.1) is 0 Å². The second-order valence-corrected chi connectivity index (χ2v) is 5.26. The van der Waals surface area contributed by atoms with Crippen molar-refractivity contribution < 1.29 is 9.90 Å². The van der Waals surface area contributed by atoms with E-state index in [4.69, 9.17) is 11.6 Å². The summed E-state index contributed by atoms with van der Waals surface area (Å²) >= 11 is 5.84. The SMILES string of the molecule is O=C(c1ccc(Cl)cc1)N1CCC(O)c2ccccc21. The highest BCUT2D eigenvalue weighted by Gasteiger charge is 2.27. The predicted octanol–water partition coefficient (Wildman–Crippen LogP) is 3.42. The first-order valence-electron chi connectivity index (χ1n) is 6.51. The van der Waals surface area contributed by atoms with E-state index in [-0.39, 0.29) is 5.91 Å². The summed E-state index contributed by atoms with van der Waals surface area (Å²) in [6.07, 6.45) is 0.0524. The molecule has 3 nitrogen and oxygen atoms in total. The minimum atomic E-state index is -0.500. The molecule has 1 amide bonds. The molecule has 0 aromatic heterocycles. The first kappa shape index (κ1) is 13.2. The molecule has 20 heavy (non-hydrogen) atoms. The van der Waals surface area contributed by atoms with E-state index in [1.54, 1.807) is 29.2 Å². The molecule has 0 saturated carbocycles. The average molecular weight is 288 g/mol. The van der Waals surface area contributed by atoms with Gasteiger partial charge in [0.15, 0.2) is 0 Å². The molecular formula is C16H14ClNO2. The van der Waals surface area contributed by atoms with Crippen molar-refractivity contribution in [2.75, 3.05) is 11.4 Å². The molecule has 0 spiro atoms. The Hall–Kier alpha value is -1.84.